The number of pyridine rings is 1. The molecule has 4 rings (SSSR count). The fraction of sp³-hybridized carbons (Fsp3) is 0.423. The number of esters is 1. The summed E-state index contributed by atoms with van der Waals surface area (Å²) in [5, 5.41) is 0.495. The number of rotatable bonds is 8. The largest absolute Gasteiger partial charge is 0.496 e. The van der Waals surface area contributed by atoms with Crippen molar-refractivity contribution in [1.82, 2.24) is 14.5 Å². The molecule has 0 N–H and O–H groups in total. The molecule has 0 amide bonds. The minimum atomic E-state index is -1.43. The molecule has 1 aromatic carbocycles. The molecule has 7 nitrogen and oxygen atoms in total. The molecule has 180 valence electrons. The van der Waals surface area contributed by atoms with E-state index in [2.05, 4.69) is 11.1 Å². The summed E-state index contributed by atoms with van der Waals surface area (Å²) in [7, 11) is 1.56. The van der Waals surface area contributed by atoms with Crippen molar-refractivity contribution in [2.45, 2.75) is 63.4 Å². The van der Waals surface area contributed by atoms with E-state index in [1.807, 2.05) is 24.5 Å². The molecular formula is C26H31N3O4S. The van der Waals surface area contributed by atoms with Gasteiger partial charge in [0.25, 0.3) is 0 Å². The van der Waals surface area contributed by atoms with Gasteiger partial charge in [0.2, 0.25) is 0 Å². The van der Waals surface area contributed by atoms with Crippen LogP contribution in [-0.4, -0.2) is 38.9 Å². The van der Waals surface area contributed by atoms with Gasteiger partial charge in [-0.3, -0.25) is 9.19 Å². The average molecular weight is 482 g/mol. The number of hydrogen-bond donors (Lipinski definition) is 0. The van der Waals surface area contributed by atoms with Gasteiger partial charge in [-0.15, -0.1) is 0 Å². The fourth-order valence-corrected chi connectivity index (χ4v) is 5.84. The summed E-state index contributed by atoms with van der Waals surface area (Å²) < 4.78 is 26.0. The Morgan fingerprint density at radius 3 is 2.74 bits per heavy atom. The van der Waals surface area contributed by atoms with Gasteiger partial charge < -0.3 is 14.0 Å². The van der Waals surface area contributed by atoms with Gasteiger partial charge in [-0.1, -0.05) is 11.6 Å². The molecule has 34 heavy (non-hydrogen) atoms. The van der Waals surface area contributed by atoms with Crippen LogP contribution in [0, 0.1) is 13.8 Å². The maximum Gasteiger partial charge on any atom is 0.337 e. The fourth-order valence-electron chi connectivity index (χ4n) is 4.53. The normalized spacial score (nSPS) is 14.6. The molecule has 0 saturated heterocycles. The highest BCUT2D eigenvalue weighted by Crippen LogP contribution is 2.28. The number of aryl methyl sites for hydroxylation is 2. The predicted octanol–water partition coefficient (Wildman–Crippen LogP) is 5.04. The third-order valence-electron chi connectivity index (χ3n) is 6.40. The van der Waals surface area contributed by atoms with E-state index in [1.54, 1.807) is 25.4 Å². The lowest BCUT2D eigenvalue weighted by Crippen LogP contribution is -2.11. The van der Waals surface area contributed by atoms with Crippen LogP contribution in [0.2, 0.25) is 0 Å². The molecule has 0 fully saturated rings. The molecule has 1 atom stereocenters. The SMILES string of the molecule is COC(=O)c1ccc2c(c1)nc(S(=O)Cc1ncc(C)c(OC)c1C)n2CCC1=CCCCC1. The molecule has 3 aromatic rings. The minimum absolute atomic E-state index is 0.234. The highest BCUT2D eigenvalue weighted by molar-refractivity contribution is 7.84. The van der Waals surface area contributed by atoms with E-state index in [0.29, 0.717) is 22.8 Å². The first kappa shape index (κ1) is 24.1. The maximum absolute atomic E-state index is 13.6. The van der Waals surface area contributed by atoms with Gasteiger partial charge in [0.15, 0.2) is 5.16 Å². The Labute approximate surface area is 202 Å². The molecule has 0 aliphatic heterocycles. The van der Waals surface area contributed by atoms with E-state index in [9.17, 15) is 9.00 Å². The Kier molecular flexibility index (Phi) is 7.46. The first-order chi connectivity index (χ1) is 16.4. The van der Waals surface area contributed by atoms with Gasteiger partial charge in [0, 0.05) is 23.9 Å². The standard InChI is InChI=1S/C26H31N3O4S/c1-17-15-27-22(18(2)24(17)32-3)16-34(31)26-28-21-14-20(25(30)33-4)10-11-23(21)29(26)13-12-19-8-6-5-7-9-19/h8,10-11,14-15H,5-7,9,12-13,16H2,1-4H3. The number of methoxy groups -OCH3 is 2. The van der Waals surface area contributed by atoms with Crippen LogP contribution in [0.1, 0.15) is 59.3 Å². The second-order valence-electron chi connectivity index (χ2n) is 8.64. The molecule has 0 radical (unpaired) electrons. The second kappa shape index (κ2) is 10.5. The Morgan fingerprint density at radius 2 is 2.03 bits per heavy atom. The number of fused-ring (bicyclic) bond motifs is 1. The van der Waals surface area contributed by atoms with Crippen molar-refractivity contribution in [2.75, 3.05) is 14.2 Å². The van der Waals surface area contributed by atoms with E-state index in [1.165, 1.54) is 25.5 Å². The summed E-state index contributed by atoms with van der Waals surface area (Å²) in [6, 6.07) is 5.30. The van der Waals surface area contributed by atoms with Gasteiger partial charge in [0.05, 0.1) is 53.1 Å². The number of carbonyl (C=O) groups excluding carboxylic acids is 1. The van der Waals surface area contributed by atoms with Crippen molar-refractivity contribution in [3.8, 4) is 5.75 Å². The number of ether oxygens (including phenoxy) is 2. The lowest BCUT2D eigenvalue weighted by Gasteiger charge is -2.15. The summed E-state index contributed by atoms with van der Waals surface area (Å²) in [5.41, 5.74) is 5.92. The third kappa shape index (κ3) is 4.92. The number of aromatic nitrogens is 3. The summed E-state index contributed by atoms with van der Waals surface area (Å²) in [6.45, 7) is 4.56. The van der Waals surface area contributed by atoms with Gasteiger partial charge in [0.1, 0.15) is 5.75 Å². The summed E-state index contributed by atoms with van der Waals surface area (Å²) in [6.07, 6.45) is 9.68. The van der Waals surface area contributed by atoms with Crippen LogP contribution in [0.4, 0.5) is 0 Å². The highest BCUT2D eigenvalue weighted by atomic mass is 32.2. The van der Waals surface area contributed by atoms with Crippen molar-refractivity contribution in [2.24, 2.45) is 0 Å². The topological polar surface area (TPSA) is 83.3 Å². The van der Waals surface area contributed by atoms with Gasteiger partial charge in [-0.2, -0.15) is 0 Å². The number of hydrogen-bond acceptors (Lipinski definition) is 6. The van der Waals surface area contributed by atoms with Gasteiger partial charge >= 0.3 is 5.97 Å². The van der Waals surface area contributed by atoms with Crippen LogP contribution in [-0.2, 0) is 27.8 Å². The zero-order chi connectivity index (χ0) is 24.2. The molecule has 2 heterocycles. The van der Waals surface area contributed by atoms with E-state index in [4.69, 9.17) is 14.5 Å². The first-order valence-electron chi connectivity index (χ1n) is 11.6. The molecule has 0 saturated carbocycles. The maximum atomic E-state index is 13.6. The van der Waals surface area contributed by atoms with Crippen LogP contribution < -0.4 is 4.74 Å². The summed E-state index contributed by atoms with van der Waals surface area (Å²) in [5.74, 6) is 0.582. The number of benzene rings is 1. The molecular weight excluding hydrogens is 450 g/mol. The van der Waals surface area contributed by atoms with Crippen LogP contribution >= 0.6 is 0 Å². The zero-order valence-electron chi connectivity index (χ0n) is 20.2. The highest BCUT2D eigenvalue weighted by Gasteiger charge is 2.21. The van der Waals surface area contributed by atoms with Crippen molar-refractivity contribution in [3.05, 3.63) is 58.4 Å². The Bertz CT molecular complexity index is 1280. The van der Waals surface area contributed by atoms with Crippen LogP contribution in [0.5, 0.6) is 5.75 Å². The Hall–Kier alpha value is -3.00. The summed E-state index contributed by atoms with van der Waals surface area (Å²) in [4.78, 5) is 21.3. The number of carbonyl (C=O) groups is 1. The van der Waals surface area contributed by atoms with E-state index in [-0.39, 0.29) is 5.75 Å². The van der Waals surface area contributed by atoms with Crippen molar-refractivity contribution < 1.29 is 18.5 Å². The number of allylic oxidation sites excluding steroid dienone is 2. The Morgan fingerprint density at radius 1 is 1.21 bits per heavy atom. The van der Waals surface area contributed by atoms with Crippen LogP contribution in [0.3, 0.4) is 0 Å². The summed E-state index contributed by atoms with van der Waals surface area (Å²) >= 11 is 0. The predicted molar refractivity (Wildman–Crippen MR) is 133 cm³/mol. The van der Waals surface area contributed by atoms with E-state index >= 15 is 0 Å². The monoisotopic (exact) mass is 481 g/mol. The van der Waals surface area contributed by atoms with Crippen LogP contribution in [0.25, 0.3) is 11.0 Å². The molecule has 8 heteroatoms. The molecule has 1 aliphatic rings. The third-order valence-corrected chi connectivity index (χ3v) is 7.65. The minimum Gasteiger partial charge on any atom is -0.496 e. The number of nitrogens with zero attached hydrogens (tertiary/aromatic N) is 3. The average Bonchev–Trinajstić information content (AvgIpc) is 3.22. The molecule has 1 aliphatic carbocycles. The first-order valence-corrected chi connectivity index (χ1v) is 12.9. The van der Waals surface area contributed by atoms with E-state index < -0.39 is 16.8 Å². The molecule has 2 aromatic heterocycles. The molecule has 0 spiro atoms. The number of imidazole rings is 1. The Balaban J connectivity index is 1.71. The zero-order valence-corrected chi connectivity index (χ0v) is 21.0. The van der Waals surface area contributed by atoms with Gasteiger partial charge in [-0.05, 0) is 64.2 Å². The molecule has 1 unspecified atom stereocenters. The lowest BCUT2D eigenvalue weighted by molar-refractivity contribution is 0.0601. The van der Waals surface area contributed by atoms with E-state index in [0.717, 1.165) is 47.3 Å². The van der Waals surface area contributed by atoms with Crippen LogP contribution in [0.15, 0.2) is 41.2 Å². The van der Waals surface area contributed by atoms with Crippen molar-refractivity contribution in [1.29, 1.82) is 0 Å². The van der Waals surface area contributed by atoms with Crippen molar-refractivity contribution >= 4 is 27.8 Å². The smallest absolute Gasteiger partial charge is 0.337 e. The van der Waals surface area contributed by atoms with Gasteiger partial charge in [-0.25, -0.2) is 9.78 Å². The molecule has 0 bridgehead atoms. The quantitative estimate of drug-likeness (QED) is 0.331. The van der Waals surface area contributed by atoms with Crippen molar-refractivity contribution in [3.63, 3.8) is 0 Å². The lowest BCUT2D eigenvalue weighted by atomic mass is 9.97. The second-order valence-corrected chi connectivity index (χ2v) is 9.98.